The van der Waals surface area contributed by atoms with Crippen LogP contribution < -0.4 is 11.1 Å². The van der Waals surface area contributed by atoms with Gasteiger partial charge in [0.2, 0.25) is 0 Å². The molecular weight excluding hydrogens is 280 g/mol. The van der Waals surface area contributed by atoms with Gasteiger partial charge in [-0.15, -0.1) is 11.8 Å². The smallest absolute Gasteiger partial charge is 0.134 e. The van der Waals surface area contributed by atoms with Crippen LogP contribution in [0.4, 0.5) is 5.82 Å². The van der Waals surface area contributed by atoms with Crippen LogP contribution in [0.5, 0.6) is 0 Å². The maximum absolute atomic E-state index is 6.00. The molecule has 118 valence electrons. The third-order valence-corrected chi connectivity index (χ3v) is 5.08. The standard InChI is InChI=1S/C16H28N4S/c1-4-5-11(2)14-15(18-10-19-16(14)21-3)20-13-8-6-12(17)7-9-13/h10-13H,4-9,17H2,1-3H3,(H,18,19,20)/t11?,12-,13-. The first-order valence-electron chi connectivity index (χ1n) is 8.06. The molecule has 3 N–H and O–H groups in total. The van der Waals surface area contributed by atoms with Gasteiger partial charge in [0.25, 0.3) is 0 Å². The number of thioether (sulfide) groups is 1. The average molecular weight is 308 g/mol. The first kappa shape index (κ1) is 16.6. The summed E-state index contributed by atoms with van der Waals surface area (Å²) in [6.07, 6.45) is 10.6. The maximum Gasteiger partial charge on any atom is 0.134 e. The topological polar surface area (TPSA) is 63.8 Å². The lowest BCUT2D eigenvalue weighted by molar-refractivity contribution is 0.410. The van der Waals surface area contributed by atoms with Gasteiger partial charge in [0.15, 0.2) is 0 Å². The Labute approximate surface area is 132 Å². The predicted octanol–water partition coefficient (Wildman–Crippen LogP) is 3.78. The van der Waals surface area contributed by atoms with Gasteiger partial charge < -0.3 is 11.1 Å². The number of hydrogen-bond acceptors (Lipinski definition) is 5. The van der Waals surface area contributed by atoms with Gasteiger partial charge in [-0.1, -0.05) is 20.3 Å². The molecule has 0 amide bonds. The van der Waals surface area contributed by atoms with Gasteiger partial charge >= 0.3 is 0 Å². The fraction of sp³-hybridized carbons (Fsp3) is 0.750. The summed E-state index contributed by atoms with van der Waals surface area (Å²) < 4.78 is 0. The molecule has 1 aromatic heterocycles. The Hall–Kier alpha value is -0.810. The van der Waals surface area contributed by atoms with Gasteiger partial charge in [0, 0.05) is 17.6 Å². The highest BCUT2D eigenvalue weighted by Crippen LogP contribution is 2.34. The maximum atomic E-state index is 6.00. The van der Waals surface area contributed by atoms with E-state index in [9.17, 15) is 0 Å². The zero-order chi connectivity index (χ0) is 15.2. The number of nitrogens with one attached hydrogen (secondary N) is 1. The molecule has 0 aromatic carbocycles. The van der Waals surface area contributed by atoms with Gasteiger partial charge in [-0.2, -0.15) is 0 Å². The summed E-state index contributed by atoms with van der Waals surface area (Å²) in [5.74, 6) is 1.53. The number of rotatable bonds is 6. The van der Waals surface area contributed by atoms with E-state index in [2.05, 4.69) is 35.4 Å². The van der Waals surface area contributed by atoms with E-state index in [1.807, 2.05) is 0 Å². The second-order valence-electron chi connectivity index (χ2n) is 6.09. The summed E-state index contributed by atoms with van der Waals surface area (Å²) >= 11 is 1.72. The van der Waals surface area contributed by atoms with Crippen molar-refractivity contribution in [2.24, 2.45) is 5.73 Å². The third kappa shape index (κ3) is 4.33. The summed E-state index contributed by atoms with van der Waals surface area (Å²) in [5, 5.41) is 4.78. The van der Waals surface area contributed by atoms with E-state index < -0.39 is 0 Å². The van der Waals surface area contributed by atoms with Crippen molar-refractivity contribution in [3.63, 3.8) is 0 Å². The van der Waals surface area contributed by atoms with Crippen molar-refractivity contribution in [2.75, 3.05) is 11.6 Å². The van der Waals surface area contributed by atoms with Crippen LogP contribution in [-0.4, -0.2) is 28.3 Å². The number of nitrogens with two attached hydrogens (primary N) is 1. The van der Waals surface area contributed by atoms with E-state index in [4.69, 9.17) is 5.73 Å². The fourth-order valence-electron chi connectivity index (χ4n) is 3.14. The minimum atomic E-state index is 0.383. The van der Waals surface area contributed by atoms with Crippen LogP contribution in [0.25, 0.3) is 0 Å². The van der Waals surface area contributed by atoms with Crippen molar-refractivity contribution in [3.05, 3.63) is 11.9 Å². The van der Waals surface area contributed by atoms with Crippen molar-refractivity contribution in [1.29, 1.82) is 0 Å². The lowest BCUT2D eigenvalue weighted by atomic mass is 9.91. The van der Waals surface area contributed by atoms with Crippen molar-refractivity contribution in [1.82, 2.24) is 9.97 Å². The third-order valence-electron chi connectivity index (χ3n) is 4.37. The molecule has 1 heterocycles. The summed E-state index contributed by atoms with van der Waals surface area (Å²) in [7, 11) is 0. The van der Waals surface area contributed by atoms with Crippen LogP contribution in [0, 0.1) is 0 Å². The minimum Gasteiger partial charge on any atom is -0.367 e. The lowest BCUT2D eigenvalue weighted by Gasteiger charge is -2.29. The van der Waals surface area contributed by atoms with Crippen molar-refractivity contribution < 1.29 is 0 Å². The zero-order valence-corrected chi connectivity index (χ0v) is 14.2. The highest BCUT2D eigenvalue weighted by molar-refractivity contribution is 7.98. The Morgan fingerprint density at radius 3 is 2.67 bits per heavy atom. The molecule has 1 aromatic rings. The van der Waals surface area contributed by atoms with Gasteiger partial charge in [0.1, 0.15) is 17.2 Å². The predicted molar refractivity (Wildman–Crippen MR) is 91.0 cm³/mol. The second kappa shape index (κ2) is 7.99. The SMILES string of the molecule is CCCC(C)c1c(N[C@H]2CC[C@H](N)CC2)ncnc1SC. The minimum absolute atomic E-state index is 0.383. The molecule has 1 unspecified atom stereocenters. The zero-order valence-electron chi connectivity index (χ0n) is 13.4. The molecular formula is C16H28N4S. The van der Waals surface area contributed by atoms with E-state index in [-0.39, 0.29) is 0 Å². The molecule has 1 aliphatic carbocycles. The largest absolute Gasteiger partial charge is 0.367 e. The van der Waals surface area contributed by atoms with Gasteiger partial charge in [-0.25, -0.2) is 9.97 Å². The molecule has 4 nitrogen and oxygen atoms in total. The van der Waals surface area contributed by atoms with Gasteiger partial charge in [-0.3, -0.25) is 0 Å². The van der Waals surface area contributed by atoms with E-state index in [1.54, 1.807) is 18.1 Å². The summed E-state index contributed by atoms with van der Waals surface area (Å²) in [4.78, 5) is 9.00. The highest BCUT2D eigenvalue weighted by Gasteiger charge is 2.22. The van der Waals surface area contributed by atoms with Crippen molar-refractivity contribution in [2.45, 2.75) is 75.4 Å². The lowest BCUT2D eigenvalue weighted by Crippen LogP contribution is -2.33. The fourth-order valence-corrected chi connectivity index (χ4v) is 3.81. The molecule has 0 aliphatic heterocycles. The molecule has 2 rings (SSSR count). The molecule has 5 heteroatoms. The van der Waals surface area contributed by atoms with Gasteiger partial charge in [0.05, 0.1) is 0 Å². The van der Waals surface area contributed by atoms with Crippen LogP contribution in [0.15, 0.2) is 11.4 Å². The Balaban J connectivity index is 2.17. The number of nitrogens with zero attached hydrogens (tertiary/aromatic N) is 2. The van der Waals surface area contributed by atoms with E-state index in [0.717, 1.165) is 36.5 Å². The number of aromatic nitrogens is 2. The van der Waals surface area contributed by atoms with Crippen LogP contribution >= 0.6 is 11.8 Å². The Morgan fingerprint density at radius 1 is 1.33 bits per heavy atom. The van der Waals surface area contributed by atoms with E-state index >= 15 is 0 Å². The average Bonchev–Trinajstić information content (AvgIpc) is 2.49. The summed E-state index contributed by atoms with van der Waals surface area (Å²) in [6.45, 7) is 4.51. The first-order valence-corrected chi connectivity index (χ1v) is 9.29. The van der Waals surface area contributed by atoms with E-state index in [1.165, 1.54) is 18.4 Å². The molecule has 0 saturated heterocycles. The first-order chi connectivity index (χ1) is 10.2. The molecule has 1 aliphatic rings. The van der Waals surface area contributed by atoms with Crippen LogP contribution in [0.2, 0.25) is 0 Å². The molecule has 0 spiro atoms. The van der Waals surface area contributed by atoms with Crippen LogP contribution in [0.1, 0.15) is 63.9 Å². The molecule has 1 atom stereocenters. The van der Waals surface area contributed by atoms with Gasteiger partial charge in [-0.05, 0) is 44.3 Å². The van der Waals surface area contributed by atoms with Crippen molar-refractivity contribution >= 4 is 17.6 Å². The quantitative estimate of drug-likeness (QED) is 0.618. The monoisotopic (exact) mass is 308 g/mol. The molecule has 0 radical (unpaired) electrons. The molecule has 1 fully saturated rings. The van der Waals surface area contributed by atoms with Crippen LogP contribution in [-0.2, 0) is 0 Å². The molecule has 0 bridgehead atoms. The second-order valence-corrected chi connectivity index (χ2v) is 6.89. The van der Waals surface area contributed by atoms with E-state index in [0.29, 0.717) is 18.0 Å². The molecule has 1 saturated carbocycles. The number of hydrogen-bond donors (Lipinski definition) is 2. The Morgan fingerprint density at radius 2 is 2.05 bits per heavy atom. The molecule has 21 heavy (non-hydrogen) atoms. The highest BCUT2D eigenvalue weighted by atomic mass is 32.2. The van der Waals surface area contributed by atoms with Crippen LogP contribution in [0.3, 0.4) is 0 Å². The summed E-state index contributed by atoms with van der Waals surface area (Å²) in [5.41, 5.74) is 7.29. The Bertz CT molecular complexity index is 444. The Kier molecular flexibility index (Phi) is 6.30. The normalized spacial score (nSPS) is 23.8. The number of anilines is 1. The van der Waals surface area contributed by atoms with Crippen molar-refractivity contribution in [3.8, 4) is 0 Å². The summed E-state index contributed by atoms with van der Waals surface area (Å²) in [6, 6.07) is 0.885.